The molecule has 0 aliphatic heterocycles. The fourth-order valence-electron chi connectivity index (χ4n) is 0.838. The first-order chi connectivity index (χ1) is 5.27. The number of hydrogen-bond acceptors (Lipinski definition) is 2. The molecule has 0 saturated carbocycles. The third kappa shape index (κ3) is 6.62. The van der Waals surface area contributed by atoms with Crippen molar-refractivity contribution in [3.05, 3.63) is 0 Å². The Kier molecular flexibility index (Phi) is 4.21. The Bertz CT molecular complexity index is 122. The Hall–Kier alpha value is -0.0800. The molecule has 0 amide bonds. The summed E-state index contributed by atoms with van der Waals surface area (Å²) in [7, 11) is 2.00. The van der Waals surface area contributed by atoms with Gasteiger partial charge in [-0.2, -0.15) is 0 Å². The second-order valence-corrected chi connectivity index (χ2v) is 5.30. The summed E-state index contributed by atoms with van der Waals surface area (Å²) in [5.41, 5.74) is 0.578. The number of rotatable bonds is 4. The second kappa shape index (κ2) is 4.24. The van der Waals surface area contributed by atoms with Gasteiger partial charge in [0.05, 0.1) is 0 Å². The van der Waals surface area contributed by atoms with Crippen molar-refractivity contribution in [2.75, 3.05) is 20.1 Å². The van der Waals surface area contributed by atoms with Gasteiger partial charge in [-0.25, -0.2) is 0 Å². The van der Waals surface area contributed by atoms with E-state index in [0.29, 0.717) is 5.41 Å². The highest BCUT2D eigenvalue weighted by Gasteiger charge is 2.15. The van der Waals surface area contributed by atoms with Crippen molar-refractivity contribution in [1.29, 1.82) is 0 Å². The van der Waals surface area contributed by atoms with Gasteiger partial charge in [0.2, 0.25) is 0 Å². The van der Waals surface area contributed by atoms with Crippen molar-refractivity contribution in [3.8, 4) is 0 Å². The minimum atomic E-state index is 0.200. The van der Waals surface area contributed by atoms with E-state index in [1.165, 1.54) is 0 Å². The van der Waals surface area contributed by atoms with Crippen molar-refractivity contribution >= 4 is 0 Å². The van der Waals surface area contributed by atoms with Crippen LogP contribution in [0.25, 0.3) is 0 Å². The molecule has 0 aromatic heterocycles. The molecule has 0 radical (unpaired) electrons. The van der Waals surface area contributed by atoms with E-state index < -0.39 is 0 Å². The van der Waals surface area contributed by atoms with Crippen molar-refractivity contribution in [1.82, 2.24) is 10.6 Å². The fraction of sp³-hybridized carbons (Fsp3) is 1.00. The molecule has 0 spiro atoms. The lowest BCUT2D eigenvalue weighted by atomic mass is 9.96. The Morgan fingerprint density at radius 1 is 0.917 bits per heavy atom. The van der Waals surface area contributed by atoms with E-state index in [0.717, 1.165) is 13.1 Å². The van der Waals surface area contributed by atoms with Crippen LogP contribution in [0.15, 0.2) is 0 Å². The lowest BCUT2D eigenvalue weighted by molar-refractivity contribution is 0.332. The molecule has 0 fully saturated rings. The SMILES string of the molecule is CNC(C)(C)CNCC(C)(C)C. The molecule has 0 rings (SSSR count). The molecular weight excluding hydrogens is 148 g/mol. The van der Waals surface area contributed by atoms with E-state index in [9.17, 15) is 0 Å². The topological polar surface area (TPSA) is 24.1 Å². The average Bonchev–Trinajstić information content (AvgIpc) is 1.84. The highest BCUT2D eigenvalue weighted by Crippen LogP contribution is 2.10. The van der Waals surface area contributed by atoms with Gasteiger partial charge < -0.3 is 10.6 Å². The second-order valence-electron chi connectivity index (χ2n) is 5.30. The molecule has 0 aromatic rings. The van der Waals surface area contributed by atoms with Gasteiger partial charge in [-0.1, -0.05) is 20.8 Å². The lowest BCUT2D eigenvalue weighted by Crippen LogP contribution is -2.47. The molecule has 2 nitrogen and oxygen atoms in total. The smallest absolute Gasteiger partial charge is 0.0246 e. The number of likely N-dealkylation sites (N-methyl/N-ethyl adjacent to an activating group) is 1. The Labute approximate surface area is 77.1 Å². The third-order valence-corrected chi connectivity index (χ3v) is 1.90. The van der Waals surface area contributed by atoms with Gasteiger partial charge in [0.15, 0.2) is 0 Å². The molecule has 0 atom stereocenters. The number of hydrogen-bond donors (Lipinski definition) is 2. The molecule has 0 heterocycles. The van der Waals surface area contributed by atoms with Crippen LogP contribution in [-0.2, 0) is 0 Å². The van der Waals surface area contributed by atoms with E-state index in [2.05, 4.69) is 45.3 Å². The quantitative estimate of drug-likeness (QED) is 0.673. The first kappa shape index (κ1) is 11.9. The van der Waals surface area contributed by atoms with E-state index in [1.54, 1.807) is 0 Å². The van der Waals surface area contributed by atoms with Crippen LogP contribution >= 0.6 is 0 Å². The molecule has 0 bridgehead atoms. The molecule has 2 N–H and O–H groups in total. The van der Waals surface area contributed by atoms with Gasteiger partial charge in [0, 0.05) is 18.6 Å². The first-order valence-corrected chi connectivity index (χ1v) is 4.66. The van der Waals surface area contributed by atoms with Crippen LogP contribution in [0.1, 0.15) is 34.6 Å². The molecule has 74 valence electrons. The largest absolute Gasteiger partial charge is 0.314 e. The van der Waals surface area contributed by atoms with Gasteiger partial charge in [-0.05, 0) is 26.3 Å². The van der Waals surface area contributed by atoms with Crippen LogP contribution in [0.2, 0.25) is 0 Å². The zero-order valence-corrected chi connectivity index (χ0v) is 9.41. The zero-order chi connectivity index (χ0) is 9.83. The van der Waals surface area contributed by atoms with Gasteiger partial charge in [-0.15, -0.1) is 0 Å². The van der Waals surface area contributed by atoms with Crippen molar-refractivity contribution in [2.24, 2.45) is 5.41 Å². The standard InChI is InChI=1S/C10H24N2/c1-9(2,3)7-12-8-10(4,5)11-6/h11-12H,7-8H2,1-6H3. The highest BCUT2D eigenvalue weighted by molar-refractivity contribution is 4.79. The fourth-order valence-corrected chi connectivity index (χ4v) is 0.838. The van der Waals surface area contributed by atoms with Crippen LogP contribution < -0.4 is 10.6 Å². The monoisotopic (exact) mass is 172 g/mol. The van der Waals surface area contributed by atoms with Gasteiger partial charge in [-0.3, -0.25) is 0 Å². The molecule has 2 heteroatoms. The summed E-state index contributed by atoms with van der Waals surface area (Å²) in [6, 6.07) is 0. The zero-order valence-electron chi connectivity index (χ0n) is 9.41. The normalized spacial score (nSPS) is 13.5. The van der Waals surface area contributed by atoms with Crippen molar-refractivity contribution in [2.45, 2.75) is 40.2 Å². The van der Waals surface area contributed by atoms with Gasteiger partial charge in [0.1, 0.15) is 0 Å². The Morgan fingerprint density at radius 2 is 1.42 bits per heavy atom. The maximum Gasteiger partial charge on any atom is 0.0246 e. The average molecular weight is 172 g/mol. The van der Waals surface area contributed by atoms with Crippen LogP contribution in [-0.4, -0.2) is 25.7 Å². The van der Waals surface area contributed by atoms with Crippen molar-refractivity contribution < 1.29 is 0 Å². The molecule has 0 aliphatic carbocycles. The summed E-state index contributed by atoms with van der Waals surface area (Å²) >= 11 is 0. The summed E-state index contributed by atoms with van der Waals surface area (Å²) in [6.45, 7) is 13.2. The molecule has 0 aliphatic rings. The van der Waals surface area contributed by atoms with Crippen molar-refractivity contribution in [3.63, 3.8) is 0 Å². The van der Waals surface area contributed by atoms with Gasteiger partial charge >= 0.3 is 0 Å². The number of nitrogens with one attached hydrogen (secondary N) is 2. The van der Waals surface area contributed by atoms with Crippen LogP contribution in [0.5, 0.6) is 0 Å². The minimum Gasteiger partial charge on any atom is -0.314 e. The molecular formula is C10H24N2. The summed E-state index contributed by atoms with van der Waals surface area (Å²) < 4.78 is 0. The maximum absolute atomic E-state index is 3.45. The molecule has 0 saturated heterocycles. The molecule has 12 heavy (non-hydrogen) atoms. The summed E-state index contributed by atoms with van der Waals surface area (Å²) in [5.74, 6) is 0. The van der Waals surface area contributed by atoms with Crippen LogP contribution in [0, 0.1) is 5.41 Å². The first-order valence-electron chi connectivity index (χ1n) is 4.66. The minimum absolute atomic E-state index is 0.200. The Morgan fingerprint density at radius 3 is 1.75 bits per heavy atom. The predicted molar refractivity (Wildman–Crippen MR) is 55.5 cm³/mol. The predicted octanol–water partition coefficient (Wildman–Crippen LogP) is 1.62. The van der Waals surface area contributed by atoms with Crippen LogP contribution in [0.3, 0.4) is 0 Å². The molecule has 0 aromatic carbocycles. The maximum atomic E-state index is 3.45. The summed E-state index contributed by atoms with van der Waals surface area (Å²) in [6.07, 6.45) is 0. The van der Waals surface area contributed by atoms with Gasteiger partial charge in [0.25, 0.3) is 0 Å². The van der Waals surface area contributed by atoms with E-state index >= 15 is 0 Å². The highest BCUT2D eigenvalue weighted by atomic mass is 15.0. The van der Waals surface area contributed by atoms with E-state index in [4.69, 9.17) is 0 Å². The third-order valence-electron chi connectivity index (χ3n) is 1.90. The van der Waals surface area contributed by atoms with E-state index in [-0.39, 0.29) is 5.54 Å². The lowest BCUT2D eigenvalue weighted by Gasteiger charge is -2.27. The van der Waals surface area contributed by atoms with E-state index in [1.807, 2.05) is 7.05 Å². The Balaban J connectivity index is 3.57. The summed E-state index contributed by atoms with van der Waals surface area (Å²) in [5, 5.41) is 6.72. The molecule has 0 unspecified atom stereocenters. The summed E-state index contributed by atoms with van der Waals surface area (Å²) in [4.78, 5) is 0. The van der Waals surface area contributed by atoms with Crippen LogP contribution in [0.4, 0.5) is 0 Å².